The van der Waals surface area contributed by atoms with Crippen molar-refractivity contribution in [3.05, 3.63) is 11.8 Å². The van der Waals surface area contributed by atoms with Crippen LogP contribution in [0.3, 0.4) is 0 Å². The fourth-order valence-electron chi connectivity index (χ4n) is 1.19. The number of nitrogens with zero attached hydrogens (tertiary/aromatic N) is 1. The van der Waals surface area contributed by atoms with Crippen molar-refractivity contribution in [2.75, 3.05) is 5.32 Å². The van der Waals surface area contributed by atoms with Crippen molar-refractivity contribution in [1.29, 1.82) is 0 Å². The third-order valence-electron chi connectivity index (χ3n) is 2.64. The van der Waals surface area contributed by atoms with Crippen LogP contribution >= 0.6 is 0 Å². The van der Waals surface area contributed by atoms with Gasteiger partial charge >= 0.3 is 0 Å². The van der Waals surface area contributed by atoms with Gasteiger partial charge in [-0.05, 0) is 12.8 Å². The molecule has 0 aromatic carbocycles. The van der Waals surface area contributed by atoms with Crippen molar-refractivity contribution >= 4 is 11.7 Å². The second-order valence-corrected chi connectivity index (χ2v) is 3.83. The Bertz CT molecular complexity index is 334. The Hall–Kier alpha value is -1.36. The fourth-order valence-corrected chi connectivity index (χ4v) is 1.19. The van der Waals surface area contributed by atoms with Gasteiger partial charge in [0.2, 0.25) is 5.91 Å². The minimum atomic E-state index is -0.474. The number of aromatic nitrogens is 2. The predicted octanol–water partition coefficient (Wildman–Crippen LogP) is 1.03. The van der Waals surface area contributed by atoms with Crippen LogP contribution in [-0.2, 0) is 4.79 Å². The maximum atomic E-state index is 11.7. The van der Waals surface area contributed by atoms with Crippen molar-refractivity contribution in [3.63, 3.8) is 0 Å². The molecule has 2 unspecified atom stereocenters. The number of anilines is 1. The lowest BCUT2D eigenvalue weighted by atomic mass is 9.99. The van der Waals surface area contributed by atoms with Gasteiger partial charge in [-0.1, -0.05) is 20.3 Å². The lowest BCUT2D eigenvalue weighted by Gasteiger charge is -2.17. The van der Waals surface area contributed by atoms with Gasteiger partial charge in [-0.3, -0.25) is 9.89 Å². The van der Waals surface area contributed by atoms with Crippen LogP contribution in [0, 0.1) is 12.8 Å². The molecule has 1 heterocycles. The summed E-state index contributed by atoms with van der Waals surface area (Å²) >= 11 is 0. The largest absolute Gasteiger partial charge is 0.320 e. The number of amides is 1. The summed E-state index contributed by atoms with van der Waals surface area (Å²) in [7, 11) is 0. The third-order valence-corrected chi connectivity index (χ3v) is 2.64. The molecule has 0 aliphatic rings. The number of carbonyl (C=O) groups is 1. The Morgan fingerprint density at radius 2 is 2.40 bits per heavy atom. The van der Waals surface area contributed by atoms with Gasteiger partial charge in [-0.2, -0.15) is 5.10 Å². The molecular formula is C10H18N4O. The molecule has 0 saturated heterocycles. The standard InChI is InChI=1S/C10H18N4O/c1-4-6(2)8(11)10(15)13-9-7(3)5-12-14-9/h5-6,8H,4,11H2,1-3H3,(H2,12,13,14,15). The fraction of sp³-hybridized carbons (Fsp3) is 0.600. The average molecular weight is 210 g/mol. The highest BCUT2D eigenvalue weighted by Gasteiger charge is 2.20. The Balaban J connectivity index is 2.60. The summed E-state index contributed by atoms with van der Waals surface area (Å²) in [4.78, 5) is 11.7. The van der Waals surface area contributed by atoms with E-state index < -0.39 is 6.04 Å². The molecule has 5 nitrogen and oxygen atoms in total. The van der Waals surface area contributed by atoms with Gasteiger partial charge in [0.25, 0.3) is 0 Å². The van der Waals surface area contributed by atoms with Gasteiger partial charge in [0, 0.05) is 5.56 Å². The number of carbonyl (C=O) groups excluding carboxylic acids is 1. The van der Waals surface area contributed by atoms with E-state index in [0.29, 0.717) is 5.82 Å². The van der Waals surface area contributed by atoms with Crippen LogP contribution in [0.1, 0.15) is 25.8 Å². The minimum Gasteiger partial charge on any atom is -0.320 e. The highest BCUT2D eigenvalue weighted by Crippen LogP contribution is 2.11. The van der Waals surface area contributed by atoms with Gasteiger partial charge in [0.15, 0.2) is 0 Å². The summed E-state index contributed by atoms with van der Waals surface area (Å²) in [6.45, 7) is 5.84. The number of aryl methyl sites for hydroxylation is 1. The van der Waals surface area contributed by atoms with Crippen molar-refractivity contribution in [2.24, 2.45) is 11.7 Å². The second-order valence-electron chi connectivity index (χ2n) is 3.83. The first-order valence-corrected chi connectivity index (χ1v) is 5.12. The van der Waals surface area contributed by atoms with Crippen molar-refractivity contribution < 1.29 is 4.79 Å². The maximum Gasteiger partial charge on any atom is 0.242 e. The van der Waals surface area contributed by atoms with E-state index in [4.69, 9.17) is 5.73 Å². The smallest absolute Gasteiger partial charge is 0.242 e. The minimum absolute atomic E-state index is 0.170. The van der Waals surface area contributed by atoms with E-state index in [1.165, 1.54) is 0 Å². The summed E-state index contributed by atoms with van der Waals surface area (Å²) in [5.41, 5.74) is 6.69. The van der Waals surface area contributed by atoms with E-state index in [-0.39, 0.29) is 11.8 Å². The normalized spacial score (nSPS) is 14.7. The monoisotopic (exact) mass is 210 g/mol. The summed E-state index contributed by atoms with van der Waals surface area (Å²) in [6, 6.07) is -0.474. The first-order valence-electron chi connectivity index (χ1n) is 5.12. The number of H-pyrrole nitrogens is 1. The summed E-state index contributed by atoms with van der Waals surface area (Å²) in [5, 5.41) is 9.25. The first-order chi connectivity index (χ1) is 7.06. The van der Waals surface area contributed by atoms with Crippen LogP contribution in [0.4, 0.5) is 5.82 Å². The second kappa shape index (κ2) is 4.93. The zero-order chi connectivity index (χ0) is 11.4. The number of rotatable bonds is 4. The van der Waals surface area contributed by atoms with Crippen LogP contribution < -0.4 is 11.1 Å². The number of nitrogens with two attached hydrogens (primary N) is 1. The van der Waals surface area contributed by atoms with Crippen molar-refractivity contribution in [2.45, 2.75) is 33.2 Å². The van der Waals surface area contributed by atoms with Crippen LogP contribution in [-0.4, -0.2) is 22.1 Å². The van der Waals surface area contributed by atoms with Gasteiger partial charge in [0.05, 0.1) is 12.2 Å². The first kappa shape index (κ1) is 11.7. The van der Waals surface area contributed by atoms with Crippen LogP contribution in [0.15, 0.2) is 6.20 Å². The lowest BCUT2D eigenvalue weighted by molar-refractivity contribution is -0.118. The van der Waals surface area contributed by atoms with Crippen molar-refractivity contribution in [1.82, 2.24) is 10.2 Å². The van der Waals surface area contributed by atoms with Gasteiger partial charge in [-0.25, -0.2) is 0 Å². The maximum absolute atomic E-state index is 11.7. The molecule has 4 N–H and O–H groups in total. The average Bonchev–Trinajstić information content (AvgIpc) is 2.62. The van der Waals surface area contributed by atoms with Crippen molar-refractivity contribution in [3.8, 4) is 0 Å². The van der Waals surface area contributed by atoms with Gasteiger partial charge in [-0.15, -0.1) is 0 Å². The zero-order valence-electron chi connectivity index (χ0n) is 9.37. The summed E-state index contributed by atoms with van der Waals surface area (Å²) in [5.74, 6) is 0.628. The third kappa shape index (κ3) is 2.79. The molecule has 0 fully saturated rings. The van der Waals surface area contributed by atoms with E-state index in [0.717, 1.165) is 12.0 Å². The molecule has 1 rings (SSSR count). The molecule has 0 radical (unpaired) electrons. The number of aromatic amines is 1. The van der Waals surface area contributed by atoms with E-state index in [1.807, 2.05) is 20.8 Å². The highest BCUT2D eigenvalue weighted by atomic mass is 16.2. The van der Waals surface area contributed by atoms with Crippen LogP contribution in [0.25, 0.3) is 0 Å². The van der Waals surface area contributed by atoms with Gasteiger partial charge < -0.3 is 11.1 Å². The summed E-state index contributed by atoms with van der Waals surface area (Å²) < 4.78 is 0. The van der Waals surface area contributed by atoms with Crippen LogP contribution in [0.5, 0.6) is 0 Å². The Labute approximate surface area is 89.4 Å². The van der Waals surface area contributed by atoms with Crippen LogP contribution in [0.2, 0.25) is 0 Å². The lowest BCUT2D eigenvalue weighted by Crippen LogP contribution is -2.40. The zero-order valence-corrected chi connectivity index (χ0v) is 9.37. The molecular weight excluding hydrogens is 192 g/mol. The predicted molar refractivity (Wildman–Crippen MR) is 59.4 cm³/mol. The molecule has 5 heteroatoms. The molecule has 0 aliphatic heterocycles. The SMILES string of the molecule is CCC(C)C(N)C(=O)Nc1[nH]ncc1C. The molecule has 1 aromatic heterocycles. The molecule has 0 spiro atoms. The van der Waals surface area contributed by atoms with Gasteiger partial charge in [0.1, 0.15) is 5.82 Å². The van der Waals surface area contributed by atoms with E-state index in [1.54, 1.807) is 6.20 Å². The number of hydrogen-bond donors (Lipinski definition) is 3. The van der Waals surface area contributed by atoms with E-state index >= 15 is 0 Å². The summed E-state index contributed by atoms with van der Waals surface area (Å²) in [6.07, 6.45) is 2.54. The Kier molecular flexibility index (Phi) is 3.85. The van der Waals surface area contributed by atoms with E-state index in [2.05, 4.69) is 15.5 Å². The molecule has 0 saturated carbocycles. The molecule has 15 heavy (non-hydrogen) atoms. The highest BCUT2D eigenvalue weighted by molar-refractivity contribution is 5.94. The molecule has 0 bridgehead atoms. The topological polar surface area (TPSA) is 83.8 Å². The Morgan fingerprint density at radius 1 is 1.73 bits per heavy atom. The Morgan fingerprint density at radius 3 is 2.87 bits per heavy atom. The van der Waals surface area contributed by atoms with E-state index in [9.17, 15) is 4.79 Å². The molecule has 0 aliphatic carbocycles. The molecule has 1 amide bonds. The number of hydrogen-bond acceptors (Lipinski definition) is 3. The number of nitrogens with one attached hydrogen (secondary N) is 2. The molecule has 84 valence electrons. The molecule has 1 aromatic rings. The quantitative estimate of drug-likeness (QED) is 0.694. The molecule has 2 atom stereocenters.